The molecule has 96 valence electrons. The fourth-order valence-electron chi connectivity index (χ4n) is 1.79. The van der Waals surface area contributed by atoms with E-state index in [4.69, 9.17) is 4.74 Å². The SMILES string of the molecule is COc1ccc(C)cc1Cn1cc(C(C)O)nn1. The Labute approximate surface area is 106 Å². The molecule has 0 aliphatic carbocycles. The van der Waals surface area contributed by atoms with Gasteiger partial charge in [-0.3, -0.25) is 0 Å². The average Bonchev–Trinajstić information content (AvgIpc) is 2.78. The number of aromatic nitrogens is 3. The minimum Gasteiger partial charge on any atom is -0.496 e. The first-order chi connectivity index (χ1) is 8.60. The van der Waals surface area contributed by atoms with Crippen LogP contribution in [0.4, 0.5) is 0 Å². The third kappa shape index (κ3) is 2.68. The Morgan fingerprint density at radius 1 is 1.44 bits per heavy atom. The summed E-state index contributed by atoms with van der Waals surface area (Å²) in [5, 5.41) is 17.3. The van der Waals surface area contributed by atoms with Crippen LogP contribution in [-0.2, 0) is 6.54 Å². The van der Waals surface area contributed by atoms with Gasteiger partial charge in [0, 0.05) is 5.56 Å². The molecule has 18 heavy (non-hydrogen) atoms. The van der Waals surface area contributed by atoms with E-state index in [0.717, 1.165) is 11.3 Å². The second-order valence-corrected chi connectivity index (χ2v) is 4.33. The Morgan fingerprint density at radius 3 is 2.83 bits per heavy atom. The maximum absolute atomic E-state index is 9.41. The Bertz CT molecular complexity index is 535. The third-order valence-electron chi connectivity index (χ3n) is 2.75. The van der Waals surface area contributed by atoms with Crippen molar-refractivity contribution in [3.63, 3.8) is 0 Å². The smallest absolute Gasteiger partial charge is 0.123 e. The van der Waals surface area contributed by atoms with Crippen molar-refractivity contribution in [1.82, 2.24) is 15.0 Å². The van der Waals surface area contributed by atoms with Crippen LogP contribution in [0, 0.1) is 6.92 Å². The van der Waals surface area contributed by atoms with Crippen molar-refractivity contribution in [3.05, 3.63) is 41.2 Å². The number of benzene rings is 1. The standard InChI is InChI=1S/C13H17N3O2/c1-9-4-5-13(18-3)11(6-9)7-16-8-12(10(2)17)14-15-16/h4-6,8,10,17H,7H2,1-3H3. The van der Waals surface area contributed by atoms with E-state index >= 15 is 0 Å². The summed E-state index contributed by atoms with van der Waals surface area (Å²) in [5.41, 5.74) is 2.78. The van der Waals surface area contributed by atoms with Crippen molar-refractivity contribution in [2.75, 3.05) is 7.11 Å². The lowest BCUT2D eigenvalue weighted by Gasteiger charge is -2.09. The van der Waals surface area contributed by atoms with E-state index in [2.05, 4.69) is 16.4 Å². The molecule has 0 amide bonds. The van der Waals surface area contributed by atoms with E-state index in [0.29, 0.717) is 12.2 Å². The molecule has 5 nitrogen and oxygen atoms in total. The van der Waals surface area contributed by atoms with Gasteiger partial charge >= 0.3 is 0 Å². The van der Waals surface area contributed by atoms with Crippen LogP contribution >= 0.6 is 0 Å². The number of aliphatic hydroxyl groups is 1. The largest absolute Gasteiger partial charge is 0.496 e. The van der Waals surface area contributed by atoms with Crippen molar-refractivity contribution in [3.8, 4) is 5.75 Å². The van der Waals surface area contributed by atoms with Gasteiger partial charge in [-0.05, 0) is 19.9 Å². The minimum absolute atomic E-state index is 0.571. The number of hydrogen-bond donors (Lipinski definition) is 1. The molecule has 1 heterocycles. The first kappa shape index (κ1) is 12.6. The molecule has 0 spiro atoms. The predicted octanol–water partition coefficient (Wildman–Crippen LogP) is 1.70. The fraction of sp³-hybridized carbons (Fsp3) is 0.385. The van der Waals surface area contributed by atoms with E-state index in [1.807, 2.05) is 19.1 Å². The lowest BCUT2D eigenvalue weighted by Crippen LogP contribution is -2.03. The van der Waals surface area contributed by atoms with Crippen molar-refractivity contribution >= 4 is 0 Å². The van der Waals surface area contributed by atoms with Gasteiger partial charge in [-0.25, -0.2) is 4.68 Å². The van der Waals surface area contributed by atoms with Gasteiger partial charge in [-0.2, -0.15) is 0 Å². The lowest BCUT2D eigenvalue weighted by atomic mass is 10.1. The summed E-state index contributed by atoms with van der Waals surface area (Å²) >= 11 is 0. The van der Waals surface area contributed by atoms with Crippen LogP contribution in [-0.4, -0.2) is 27.2 Å². The van der Waals surface area contributed by atoms with Gasteiger partial charge in [-0.15, -0.1) is 5.10 Å². The predicted molar refractivity (Wildman–Crippen MR) is 67.5 cm³/mol. The summed E-state index contributed by atoms with van der Waals surface area (Å²) in [5.74, 6) is 0.828. The molecule has 1 aromatic carbocycles. The highest BCUT2D eigenvalue weighted by molar-refractivity contribution is 5.36. The van der Waals surface area contributed by atoms with Gasteiger partial charge in [0.15, 0.2) is 0 Å². The maximum atomic E-state index is 9.41. The van der Waals surface area contributed by atoms with Crippen molar-refractivity contribution < 1.29 is 9.84 Å². The highest BCUT2D eigenvalue weighted by Crippen LogP contribution is 2.20. The molecule has 5 heteroatoms. The number of methoxy groups -OCH3 is 1. The number of nitrogens with zero attached hydrogens (tertiary/aromatic N) is 3. The molecule has 0 bridgehead atoms. The van der Waals surface area contributed by atoms with Gasteiger partial charge in [-0.1, -0.05) is 22.9 Å². The average molecular weight is 247 g/mol. The number of aliphatic hydroxyl groups excluding tert-OH is 1. The zero-order valence-corrected chi connectivity index (χ0v) is 10.8. The van der Waals surface area contributed by atoms with Crippen molar-refractivity contribution in [1.29, 1.82) is 0 Å². The zero-order chi connectivity index (χ0) is 13.1. The van der Waals surface area contributed by atoms with Gasteiger partial charge in [0.25, 0.3) is 0 Å². The molecule has 1 aromatic heterocycles. The van der Waals surface area contributed by atoms with Gasteiger partial charge in [0.2, 0.25) is 0 Å². The van der Waals surface area contributed by atoms with Crippen molar-refractivity contribution in [2.45, 2.75) is 26.5 Å². The summed E-state index contributed by atoms with van der Waals surface area (Å²) in [6.45, 7) is 4.28. The summed E-state index contributed by atoms with van der Waals surface area (Å²) in [6.07, 6.45) is 1.14. The summed E-state index contributed by atoms with van der Waals surface area (Å²) in [7, 11) is 1.65. The molecule has 0 fully saturated rings. The van der Waals surface area contributed by atoms with Gasteiger partial charge < -0.3 is 9.84 Å². The lowest BCUT2D eigenvalue weighted by molar-refractivity contribution is 0.194. The number of ether oxygens (including phenoxy) is 1. The van der Waals surface area contributed by atoms with Crippen LogP contribution in [0.5, 0.6) is 5.75 Å². The molecule has 1 N–H and O–H groups in total. The van der Waals surface area contributed by atoms with Crippen LogP contribution < -0.4 is 4.74 Å². The minimum atomic E-state index is -0.599. The maximum Gasteiger partial charge on any atom is 0.123 e. The number of rotatable bonds is 4. The fourth-order valence-corrected chi connectivity index (χ4v) is 1.79. The number of hydrogen-bond acceptors (Lipinski definition) is 4. The van der Waals surface area contributed by atoms with E-state index in [1.54, 1.807) is 24.9 Å². The Kier molecular flexibility index (Phi) is 3.62. The first-order valence-electron chi connectivity index (χ1n) is 5.81. The van der Waals surface area contributed by atoms with Crippen molar-refractivity contribution in [2.24, 2.45) is 0 Å². The van der Waals surface area contributed by atoms with Gasteiger partial charge in [0.05, 0.1) is 26.0 Å². The summed E-state index contributed by atoms with van der Waals surface area (Å²) in [4.78, 5) is 0. The molecule has 1 unspecified atom stereocenters. The van der Waals surface area contributed by atoms with Crippen LogP contribution in [0.3, 0.4) is 0 Å². The molecule has 0 saturated carbocycles. The van der Waals surface area contributed by atoms with Gasteiger partial charge in [0.1, 0.15) is 11.4 Å². The first-order valence-corrected chi connectivity index (χ1v) is 5.81. The topological polar surface area (TPSA) is 60.2 Å². The summed E-state index contributed by atoms with van der Waals surface area (Å²) in [6, 6.07) is 6.00. The Balaban J connectivity index is 2.24. The van der Waals surface area contributed by atoms with E-state index in [-0.39, 0.29) is 0 Å². The molecular formula is C13H17N3O2. The zero-order valence-electron chi connectivity index (χ0n) is 10.8. The molecule has 1 atom stereocenters. The highest BCUT2D eigenvalue weighted by Gasteiger charge is 2.09. The monoisotopic (exact) mass is 247 g/mol. The second kappa shape index (κ2) is 5.18. The molecule has 0 aliphatic rings. The molecule has 2 rings (SSSR count). The quantitative estimate of drug-likeness (QED) is 0.893. The molecule has 2 aromatic rings. The normalized spacial score (nSPS) is 12.4. The number of aryl methyl sites for hydroxylation is 1. The Morgan fingerprint density at radius 2 is 2.22 bits per heavy atom. The summed E-state index contributed by atoms with van der Waals surface area (Å²) < 4.78 is 7.01. The molecule has 0 aliphatic heterocycles. The van der Waals surface area contributed by atoms with E-state index < -0.39 is 6.10 Å². The Hall–Kier alpha value is -1.88. The van der Waals surface area contributed by atoms with Crippen LogP contribution in [0.2, 0.25) is 0 Å². The molecular weight excluding hydrogens is 230 g/mol. The van der Waals surface area contributed by atoms with E-state index in [9.17, 15) is 5.11 Å². The molecule has 0 radical (unpaired) electrons. The van der Waals surface area contributed by atoms with Crippen LogP contribution in [0.1, 0.15) is 29.8 Å². The van der Waals surface area contributed by atoms with Crippen LogP contribution in [0.25, 0.3) is 0 Å². The highest BCUT2D eigenvalue weighted by atomic mass is 16.5. The second-order valence-electron chi connectivity index (χ2n) is 4.33. The molecule has 0 saturated heterocycles. The van der Waals surface area contributed by atoms with E-state index in [1.165, 1.54) is 5.56 Å². The third-order valence-corrected chi connectivity index (χ3v) is 2.75. The van der Waals surface area contributed by atoms with Crippen LogP contribution in [0.15, 0.2) is 24.4 Å².